The first kappa shape index (κ1) is 17.9. The summed E-state index contributed by atoms with van der Waals surface area (Å²) in [6, 6.07) is 0.215. The second-order valence-electron chi connectivity index (χ2n) is 6.45. The van der Waals surface area contributed by atoms with E-state index in [1.54, 1.807) is 0 Å². The highest BCUT2D eigenvalue weighted by atomic mass is 32.1. The predicted molar refractivity (Wildman–Crippen MR) is 93.2 cm³/mol. The zero-order valence-electron chi connectivity index (χ0n) is 13.9. The first-order chi connectivity index (χ1) is 12.0. The highest BCUT2D eigenvalue weighted by Crippen LogP contribution is 2.39. The number of carboxylic acids is 1. The third-order valence-electron chi connectivity index (χ3n) is 4.55. The number of aryl methyl sites for hydroxylation is 1. The Morgan fingerprint density at radius 1 is 1.12 bits per heavy atom. The van der Waals surface area contributed by atoms with E-state index in [2.05, 4.69) is 10.6 Å². The van der Waals surface area contributed by atoms with E-state index < -0.39 is 18.5 Å². The van der Waals surface area contributed by atoms with Crippen LogP contribution in [0.25, 0.3) is 0 Å². The van der Waals surface area contributed by atoms with Crippen molar-refractivity contribution in [3.05, 3.63) is 16.0 Å². The molecule has 25 heavy (non-hydrogen) atoms. The van der Waals surface area contributed by atoms with E-state index in [1.807, 2.05) is 0 Å². The van der Waals surface area contributed by atoms with Crippen LogP contribution in [0.15, 0.2) is 0 Å². The van der Waals surface area contributed by atoms with Crippen LogP contribution in [0.5, 0.6) is 0 Å². The van der Waals surface area contributed by atoms with Gasteiger partial charge in [0.05, 0.1) is 5.56 Å². The maximum absolute atomic E-state index is 12.8. The summed E-state index contributed by atoms with van der Waals surface area (Å²) in [5, 5.41) is 14.9. The van der Waals surface area contributed by atoms with E-state index in [1.165, 1.54) is 11.3 Å². The third-order valence-corrected chi connectivity index (χ3v) is 5.76. The Balaban J connectivity index is 1.69. The van der Waals surface area contributed by atoms with E-state index in [9.17, 15) is 14.4 Å². The fourth-order valence-corrected chi connectivity index (χ4v) is 4.76. The number of nitrogens with one attached hydrogen (secondary N) is 2. The summed E-state index contributed by atoms with van der Waals surface area (Å²) in [4.78, 5) is 36.3. The highest BCUT2D eigenvalue weighted by molar-refractivity contribution is 7.17. The van der Waals surface area contributed by atoms with Crippen LogP contribution in [0.2, 0.25) is 0 Å². The van der Waals surface area contributed by atoms with E-state index in [-0.39, 0.29) is 18.6 Å². The van der Waals surface area contributed by atoms with E-state index in [4.69, 9.17) is 9.84 Å². The first-order valence-electron chi connectivity index (χ1n) is 8.59. The molecule has 3 N–H and O–H groups in total. The van der Waals surface area contributed by atoms with Crippen molar-refractivity contribution in [2.45, 2.75) is 51.0 Å². The van der Waals surface area contributed by atoms with Crippen molar-refractivity contribution < 1.29 is 24.2 Å². The minimum Gasteiger partial charge on any atom is -0.480 e. The summed E-state index contributed by atoms with van der Waals surface area (Å²) >= 11 is 1.44. The third kappa shape index (κ3) is 4.38. The second-order valence-corrected chi connectivity index (χ2v) is 7.56. The van der Waals surface area contributed by atoms with Crippen molar-refractivity contribution in [2.75, 3.05) is 18.5 Å². The van der Waals surface area contributed by atoms with Gasteiger partial charge in [0.25, 0.3) is 11.8 Å². The zero-order chi connectivity index (χ0) is 17.8. The van der Waals surface area contributed by atoms with Gasteiger partial charge in [0.15, 0.2) is 0 Å². The summed E-state index contributed by atoms with van der Waals surface area (Å²) in [5.74, 6) is -1.69. The molecule has 0 unspecified atom stereocenters. The van der Waals surface area contributed by atoms with Crippen LogP contribution in [0.3, 0.4) is 0 Å². The van der Waals surface area contributed by atoms with Crippen LogP contribution in [-0.4, -0.2) is 42.1 Å². The standard InChI is InChI=1S/C17H22N2O5S/c20-13(8-24-9-14(21)22)19-17-15(11-6-3-7-12(11)25-17)16(23)18-10-4-1-2-5-10/h10H,1-9H2,(H,18,23)(H,19,20)(H,21,22). The SMILES string of the molecule is O=C(O)COCC(=O)Nc1sc2c(c1C(=O)NC1CCCC1)CCC2. The Morgan fingerprint density at radius 3 is 2.60 bits per heavy atom. The van der Waals surface area contributed by atoms with Gasteiger partial charge in [-0.1, -0.05) is 12.8 Å². The Bertz CT molecular complexity index is 679. The van der Waals surface area contributed by atoms with Crippen molar-refractivity contribution in [3.8, 4) is 0 Å². The van der Waals surface area contributed by atoms with Gasteiger partial charge in [0, 0.05) is 10.9 Å². The van der Waals surface area contributed by atoms with E-state index in [0.717, 1.165) is 55.4 Å². The lowest BCUT2D eigenvalue weighted by Crippen LogP contribution is -2.33. The lowest BCUT2D eigenvalue weighted by molar-refractivity contribution is -0.143. The average molecular weight is 366 g/mol. The highest BCUT2D eigenvalue weighted by Gasteiger charge is 2.29. The number of anilines is 1. The molecular weight excluding hydrogens is 344 g/mol. The van der Waals surface area contributed by atoms with E-state index in [0.29, 0.717) is 10.6 Å². The molecule has 136 valence electrons. The van der Waals surface area contributed by atoms with Crippen molar-refractivity contribution in [2.24, 2.45) is 0 Å². The van der Waals surface area contributed by atoms with Gasteiger partial charge in [-0.3, -0.25) is 9.59 Å². The summed E-state index contributed by atoms with van der Waals surface area (Å²) in [5.41, 5.74) is 1.62. The van der Waals surface area contributed by atoms with Gasteiger partial charge in [0.2, 0.25) is 0 Å². The number of amides is 2. The average Bonchev–Trinajstić information content (AvgIpc) is 3.23. The number of thiophene rings is 1. The molecule has 8 heteroatoms. The van der Waals surface area contributed by atoms with Gasteiger partial charge in [-0.2, -0.15) is 0 Å². The Morgan fingerprint density at radius 2 is 1.88 bits per heavy atom. The molecule has 1 saturated carbocycles. The molecule has 1 aromatic rings. The molecule has 1 fully saturated rings. The van der Waals surface area contributed by atoms with Crippen LogP contribution in [0.4, 0.5) is 5.00 Å². The maximum atomic E-state index is 12.8. The quantitative estimate of drug-likeness (QED) is 0.684. The fourth-order valence-electron chi connectivity index (χ4n) is 3.45. The predicted octanol–water partition coefficient (Wildman–Crippen LogP) is 1.95. The normalized spacial score (nSPS) is 16.6. The molecular formula is C17H22N2O5S. The van der Waals surface area contributed by atoms with Crippen LogP contribution in [0.1, 0.15) is 52.9 Å². The number of rotatable bonds is 7. The number of aliphatic carboxylic acids is 1. The molecule has 3 rings (SSSR count). The van der Waals surface area contributed by atoms with Crippen molar-refractivity contribution >= 4 is 34.1 Å². The Hall–Kier alpha value is -1.93. The number of carbonyl (C=O) groups is 3. The van der Waals surface area contributed by atoms with Gasteiger partial charge in [-0.25, -0.2) is 4.79 Å². The zero-order valence-corrected chi connectivity index (χ0v) is 14.7. The molecule has 0 spiro atoms. The molecule has 1 heterocycles. The van der Waals surface area contributed by atoms with Crippen LogP contribution >= 0.6 is 11.3 Å². The van der Waals surface area contributed by atoms with E-state index >= 15 is 0 Å². The minimum atomic E-state index is -1.13. The maximum Gasteiger partial charge on any atom is 0.329 e. The van der Waals surface area contributed by atoms with Crippen molar-refractivity contribution in [3.63, 3.8) is 0 Å². The van der Waals surface area contributed by atoms with Gasteiger partial charge < -0.3 is 20.5 Å². The van der Waals surface area contributed by atoms with Crippen molar-refractivity contribution in [1.82, 2.24) is 5.32 Å². The number of hydrogen-bond donors (Lipinski definition) is 3. The lowest BCUT2D eigenvalue weighted by Gasteiger charge is -2.14. The molecule has 0 aromatic carbocycles. The molecule has 1 aromatic heterocycles. The fraction of sp³-hybridized carbons (Fsp3) is 0.588. The van der Waals surface area contributed by atoms with Crippen LogP contribution in [-0.2, 0) is 27.2 Å². The Kier molecular flexibility index (Phi) is 5.70. The lowest BCUT2D eigenvalue weighted by atomic mass is 10.1. The molecule has 0 saturated heterocycles. The molecule has 0 aliphatic heterocycles. The number of fused-ring (bicyclic) bond motifs is 1. The van der Waals surface area contributed by atoms with Gasteiger partial charge in [-0.05, 0) is 37.7 Å². The number of hydrogen-bond acceptors (Lipinski definition) is 5. The monoisotopic (exact) mass is 366 g/mol. The summed E-state index contributed by atoms with van der Waals surface area (Å²) in [6.45, 7) is -0.873. The van der Waals surface area contributed by atoms with Gasteiger partial charge in [-0.15, -0.1) is 11.3 Å². The largest absolute Gasteiger partial charge is 0.480 e. The summed E-state index contributed by atoms with van der Waals surface area (Å²) in [7, 11) is 0. The minimum absolute atomic E-state index is 0.118. The smallest absolute Gasteiger partial charge is 0.329 e. The summed E-state index contributed by atoms with van der Waals surface area (Å²) < 4.78 is 4.81. The number of carboxylic acid groups (broad SMARTS) is 1. The molecule has 0 radical (unpaired) electrons. The molecule has 0 bridgehead atoms. The molecule has 2 aliphatic carbocycles. The summed E-state index contributed by atoms with van der Waals surface area (Å²) in [6.07, 6.45) is 7.08. The van der Waals surface area contributed by atoms with Gasteiger partial charge >= 0.3 is 5.97 Å². The van der Waals surface area contributed by atoms with Crippen LogP contribution in [0, 0.1) is 0 Å². The number of ether oxygens (including phenoxy) is 1. The number of carbonyl (C=O) groups excluding carboxylic acids is 2. The first-order valence-corrected chi connectivity index (χ1v) is 9.41. The Labute approximate surface area is 149 Å². The molecule has 7 nitrogen and oxygen atoms in total. The van der Waals surface area contributed by atoms with Crippen molar-refractivity contribution in [1.29, 1.82) is 0 Å². The molecule has 2 amide bonds. The molecule has 2 aliphatic rings. The van der Waals surface area contributed by atoms with Gasteiger partial charge in [0.1, 0.15) is 18.2 Å². The topological polar surface area (TPSA) is 105 Å². The van der Waals surface area contributed by atoms with Crippen LogP contribution < -0.4 is 10.6 Å². The second kappa shape index (κ2) is 7.97. The molecule has 0 atom stereocenters.